The molecular weight excluding hydrogens is 244 g/mol. The average molecular weight is 264 g/mol. The zero-order chi connectivity index (χ0) is 13.5. The molecule has 98 valence electrons. The molecule has 0 saturated carbocycles. The molecule has 0 aromatic carbocycles. The molecule has 1 aromatic rings. The van der Waals surface area contributed by atoms with E-state index in [9.17, 15) is 0 Å². The summed E-state index contributed by atoms with van der Waals surface area (Å²) in [6.07, 6.45) is 2.88. The maximum atomic E-state index is 9.09. The predicted molar refractivity (Wildman–Crippen MR) is 75.3 cm³/mol. The van der Waals surface area contributed by atoms with Crippen LogP contribution in [0.15, 0.2) is 5.16 Å². The van der Waals surface area contributed by atoms with Crippen LogP contribution in [0, 0.1) is 17.2 Å². The predicted octanol–water partition coefficient (Wildman–Crippen LogP) is 3.02. The Labute approximate surface area is 113 Å². The second-order valence-corrected chi connectivity index (χ2v) is 5.62. The van der Waals surface area contributed by atoms with E-state index in [1.807, 2.05) is 0 Å². The van der Waals surface area contributed by atoms with E-state index in [0.717, 1.165) is 30.7 Å². The van der Waals surface area contributed by atoms with Crippen molar-refractivity contribution in [1.82, 2.24) is 9.97 Å². The van der Waals surface area contributed by atoms with Gasteiger partial charge in [-0.25, -0.2) is 9.97 Å². The number of hydrogen-bond donors (Lipinski definition) is 1. The average Bonchev–Trinajstić information content (AvgIpc) is 2.33. The maximum Gasteiger partial charge on any atom is 0.189 e. The number of hydrogen-bond acceptors (Lipinski definition) is 5. The van der Waals surface area contributed by atoms with Crippen LogP contribution in [0.3, 0.4) is 0 Å². The largest absolute Gasteiger partial charge is 0.382 e. The molecule has 0 aliphatic carbocycles. The third-order valence-electron chi connectivity index (χ3n) is 2.42. The van der Waals surface area contributed by atoms with Crippen molar-refractivity contribution in [2.75, 3.05) is 11.5 Å². The van der Waals surface area contributed by atoms with Crippen LogP contribution >= 0.6 is 11.8 Å². The molecule has 0 radical (unpaired) electrons. The lowest BCUT2D eigenvalue weighted by Gasteiger charge is -2.08. The zero-order valence-electron chi connectivity index (χ0n) is 11.2. The molecule has 0 aliphatic rings. The molecule has 0 atom stereocenters. The SMILES string of the molecule is CCCCc1nc(SCC(C)C)nc(N)c1C#N. The topological polar surface area (TPSA) is 75.6 Å². The van der Waals surface area contributed by atoms with Crippen molar-refractivity contribution in [2.45, 2.75) is 45.2 Å². The molecule has 0 fully saturated rings. The molecule has 0 bridgehead atoms. The lowest BCUT2D eigenvalue weighted by Crippen LogP contribution is -2.06. The van der Waals surface area contributed by atoms with E-state index in [4.69, 9.17) is 11.0 Å². The molecule has 0 aliphatic heterocycles. The number of aromatic nitrogens is 2. The molecule has 5 heteroatoms. The van der Waals surface area contributed by atoms with E-state index in [1.165, 1.54) is 0 Å². The fourth-order valence-corrected chi connectivity index (χ4v) is 2.28. The smallest absolute Gasteiger partial charge is 0.189 e. The summed E-state index contributed by atoms with van der Waals surface area (Å²) in [6.45, 7) is 6.42. The van der Waals surface area contributed by atoms with Gasteiger partial charge in [0.2, 0.25) is 0 Å². The van der Waals surface area contributed by atoms with E-state index in [-0.39, 0.29) is 0 Å². The molecule has 1 aromatic heterocycles. The van der Waals surface area contributed by atoms with Gasteiger partial charge >= 0.3 is 0 Å². The van der Waals surface area contributed by atoms with Crippen LogP contribution in [0.4, 0.5) is 5.82 Å². The van der Waals surface area contributed by atoms with Crippen LogP contribution < -0.4 is 5.73 Å². The summed E-state index contributed by atoms with van der Waals surface area (Å²) in [4.78, 5) is 8.65. The van der Waals surface area contributed by atoms with E-state index in [1.54, 1.807) is 11.8 Å². The van der Waals surface area contributed by atoms with Crippen molar-refractivity contribution in [2.24, 2.45) is 5.92 Å². The Morgan fingerprint density at radius 3 is 2.67 bits per heavy atom. The van der Waals surface area contributed by atoms with Gasteiger partial charge in [0.1, 0.15) is 17.5 Å². The standard InChI is InChI=1S/C13H20N4S/c1-4-5-6-11-10(7-14)12(15)17-13(16-11)18-8-9(2)3/h9H,4-6,8H2,1-3H3,(H2,15,16,17). The number of rotatable bonds is 6. The highest BCUT2D eigenvalue weighted by molar-refractivity contribution is 7.99. The number of nitrogen functional groups attached to an aromatic ring is 1. The minimum Gasteiger partial charge on any atom is -0.382 e. The van der Waals surface area contributed by atoms with Gasteiger partial charge in [0.25, 0.3) is 0 Å². The minimum atomic E-state index is 0.310. The van der Waals surface area contributed by atoms with E-state index in [2.05, 4.69) is 36.8 Å². The molecule has 0 saturated heterocycles. The van der Waals surface area contributed by atoms with Gasteiger partial charge in [0, 0.05) is 5.75 Å². The Bertz CT molecular complexity index is 437. The normalized spacial score (nSPS) is 10.6. The first-order valence-electron chi connectivity index (χ1n) is 6.27. The second kappa shape index (κ2) is 7.22. The van der Waals surface area contributed by atoms with Crippen molar-refractivity contribution >= 4 is 17.6 Å². The Hall–Kier alpha value is -1.28. The van der Waals surface area contributed by atoms with Crippen LogP contribution in [-0.2, 0) is 6.42 Å². The molecular formula is C13H20N4S. The molecule has 4 nitrogen and oxygen atoms in total. The molecule has 18 heavy (non-hydrogen) atoms. The third-order valence-corrected chi connectivity index (χ3v) is 3.69. The van der Waals surface area contributed by atoms with Crippen molar-refractivity contribution in [3.8, 4) is 6.07 Å². The first-order valence-corrected chi connectivity index (χ1v) is 7.26. The number of thioether (sulfide) groups is 1. The van der Waals surface area contributed by atoms with Gasteiger partial charge < -0.3 is 5.73 Å². The number of nitrogens with zero attached hydrogens (tertiary/aromatic N) is 3. The van der Waals surface area contributed by atoms with Crippen molar-refractivity contribution < 1.29 is 0 Å². The Balaban J connectivity index is 2.95. The number of anilines is 1. The number of unbranched alkanes of at least 4 members (excludes halogenated alkanes) is 1. The summed E-state index contributed by atoms with van der Waals surface area (Å²) in [6, 6.07) is 2.11. The summed E-state index contributed by atoms with van der Waals surface area (Å²) >= 11 is 1.60. The highest BCUT2D eigenvalue weighted by atomic mass is 32.2. The lowest BCUT2D eigenvalue weighted by atomic mass is 10.1. The van der Waals surface area contributed by atoms with Gasteiger partial charge in [-0.15, -0.1) is 0 Å². The summed E-state index contributed by atoms with van der Waals surface area (Å²) in [5.41, 5.74) is 7.06. The van der Waals surface area contributed by atoms with Gasteiger partial charge in [-0.2, -0.15) is 5.26 Å². The molecule has 0 spiro atoms. The fourth-order valence-electron chi connectivity index (χ4n) is 1.46. The van der Waals surface area contributed by atoms with Crippen LogP contribution in [0.2, 0.25) is 0 Å². The molecule has 1 rings (SSSR count). The monoisotopic (exact) mass is 264 g/mol. The van der Waals surface area contributed by atoms with E-state index < -0.39 is 0 Å². The van der Waals surface area contributed by atoms with E-state index >= 15 is 0 Å². The van der Waals surface area contributed by atoms with Gasteiger partial charge in [0.05, 0.1) is 5.69 Å². The van der Waals surface area contributed by atoms with Gasteiger partial charge in [0.15, 0.2) is 5.16 Å². The number of nitriles is 1. The van der Waals surface area contributed by atoms with E-state index in [0.29, 0.717) is 22.5 Å². The molecule has 1 heterocycles. The van der Waals surface area contributed by atoms with Crippen LogP contribution in [0.25, 0.3) is 0 Å². The Kier molecular flexibility index (Phi) is 5.93. The van der Waals surface area contributed by atoms with Crippen molar-refractivity contribution in [3.05, 3.63) is 11.3 Å². The summed E-state index contributed by atoms with van der Waals surface area (Å²) in [7, 11) is 0. The molecule has 0 unspecified atom stereocenters. The van der Waals surface area contributed by atoms with Gasteiger partial charge in [-0.3, -0.25) is 0 Å². The highest BCUT2D eigenvalue weighted by Crippen LogP contribution is 2.22. The minimum absolute atomic E-state index is 0.310. The zero-order valence-corrected chi connectivity index (χ0v) is 12.0. The number of aryl methyl sites for hydroxylation is 1. The Morgan fingerprint density at radius 1 is 1.39 bits per heavy atom. The lowest BCUT2D eigenvalue weighted by molar-refractivity contribution is 0.740. The fraction of sp³-hybridized carbons (Fsp3) is 0.615. The van der Waals surface area contributed by atoms with Crippen molar-refractivity contribution in [3.63, 3.8) is 0 Å². The second-order valence-electron chi connectivity index (χ2n) is 4.63. The molecule has 0 amide bonds. The summed E-state index contributed by atoms with van der Waals surface area (Å²) in [5, 5.41) is 9.78. The van der Waals surface area contributed by atoms with Crippen molar-refractivity contribution in [1.29, 1.82) is 5.26 Å². The summed E-state index contributed by atoms with van der Waals surface area (Å²) in [5.74, 6) is 1.85. The highest BCUT2D eigenvalue weighted by Gasteiger charge is 2.12. The molecule has 2 N–H and O–H groups in total. The van der Waals surface area contributed by atoms with Crippen LogP contribution in [0.5, 0.6) is 0 Å². The third kappa shape index (κ3) is 4.19. The van der Waals surface area contributed by atoms with Crippen LogP contribution in [0.1, 0.15) is 44.9 Å². The van der Waals surface area contributed by atoms with Gasteiger partial charge in [-0.1, -0.05) is 39.0 Å². The quantitative estimate of drug-likeness (QED) is 0.631. The van der Waals surface area contributed by atoms with Crippen LogP contribution in [-0.4, -0.2) is 15.7 Å². The van der Waals surface area contributed by atoms with Gasteiger partial charge in [-0.05, 0) is 18.8 Å². The maximum absolute atomic E-state index is 9.09. The number of nitrogens with two attached hydrogens (primary N) is 1. The summed E-state index contributed by atoms with van der Waals surface area (Å²) < 4.78 is 0. The first kappa shape index (κ1) is 14.8. The first-order chi connectivity index (χ1) is 8.58. The Morgan fingerprint density at radius 2 is 2.11 bits per heavy atom.